The van der Waals surface area contributed by atoms with Crippen LogP contribution in [-0.4, -0.2) is 22.3 Å². The summed E-state index contributed by atoms with van der Waals surface area (Å²) in [4.78, 5) is 11.3. The Morgan fingerprint density at radius 3 is 2.50 bits per heavy atom. The van der Waals surface area contributed by atoms with Crippen molar-refractivity contribution in [3.63, 3.8) is 0 Å². The van der Waals surface area contributed by atoms with Gasteiger partial charge >= 0.3 is 5.97 Å². The molecule has 0 saturated heterocycles. The van der Waals surface area contributed by atoms with Gasteiger partial charge in [-0.15, -0.1) is 0 Å². The fourth-order valence-corrected chi connectivity index (χ4v) is 8.65. The predicted octanol–water partition coefficient (Wildman–Crippen LogP) is 5.12. The van der Waals surface area contributed by atoms with E-state index >= 15 is 0 Å². The smallest absolute Gasteiger partial charge is 0.303 e. The largest absolute Gasteiger partial charge is 0.481 e. The summed E-state index contributed by atoms with van der Waals surface area (Å²) in [6.45, 7) is 7.13. The fourth-order valence-electron chi connectivity index (χ4n) is 8.65. The van der Waals surface area contributed by atoms with Crippen LogP contribution in [0.2, 0.25) is 0 Å². The standard InChI is InChI=1S/C23H38O3/c1-14(12-20(25)26)16-7-8-17-21-18(9-11-23(16,17)3)22(2)10-5-4-6-15(22)13-19(21)24/h14-19,21,24H,4-13H2,1-3H3,(H,25,26). The summed E-state index contributed by atoms with van der Waals surface area (Å²) in [5.74, 6) is 2.55. The molecule has 9 unspecified atom stereocenters. The molecule has 3 heteroatoms. The summed E-state index contributed by atoms with van der Waals surface area (Å²) in [7, 11) is 0. The van der Waals surface area contributed by atoms with Gasteiger partial charge in [0.15, 0.2) is 0 Å². The molecule has 0 radical (unpaired) electrons. The van der Waals surface area contributed by atoms with Gasteiger partial charge in [-0.25, -0.2) is 0 Å². The van der Waals surface area contributed by atoms with E-state index in [1.165, 1.54) is 44.9 Å². The Balaban J connectivity index is 1.60. The minimum atomic E-state index is -0.659. The van der Waals surface area contributed by atoms with Gasteiger partial charge in [0, 0.05) is 6.42 Å². The van der Waals surface area contributed by atoms with Gasteiger partial charge in [0.2, 0.25) is 0 Å². The van der Waals surface area contributed by atoms with Crippen LogP contribution in [0.25, 0.3) is 0 Å². The number of aliphatic hydroxyl groups excluding tert-OH is 1. The first kappa shape index (κ1) is 18.8. The topological polar surface area (TPSA) is 57.5 Å². The first-order valence-electron chi connectivity index (χ1n) is 11.2. The molecule has 26 heavy (non-hydrogen) atoms. The lowest BCUT2D eigenvalue weighted by molar-refractivity contribution is -0.165. The quantitative estimate of drug-likeness (QED) is 0.733. The Bertz CT molecular complexity index is 560. The molecular weight excluding hydrogens is 324 g/mol. The van der Waals surface area contributed by atoms with E-state index in [-0.39, 0.29) is 17.4 Å². The molecule has 0 bridgehead atoms. The molecule has 0 aromatic heterocycles. The molecule has 4 aliphatic carbocycles. The van der Waals surface area contributed by atoms with Gasteiger partial charge in [0.05, 0.1) is 6.10 Å². The summed E-state index contributed by atoms with van der Waals surface area (Å²) >= 11 is 0. The summed E-state index contributed by atoms with van der Waals surface area (Å²) in [6, 6.07) is 0. The monoisotopic (exact) mass is 362 g/mol. The molecule has 4 rings (SSSR count). The number of hydrogen-bond acceptors (Lipinski definition) is 2. The maximum Gasteiger partial charge on any atom is 0.303 e. The van der Waals surface area contributed by atoms with E-state index in [9.17, 15) is 15.0 Å². The number of aliphatic carboxylic acids is 1. The highest BCUT2D eigenvalue weighted by Gasteiger charge is 2.62. The van der Waals surface area contributed by atoms with E-state index in [0.29, 0.717) is 35.5 Å². The van der Waals surface area contributed by atoms with Crippen LogP contribution in [-0.2, 0) is 4.79 Å². The highest BCUT2D eigenvalue weighted by Crippen LogP contribution is 2.68. The number of carboxylic acids is 1. The van der Waals surface area contributed by atoms with Gasteiger partial charge in [0.1, 0.15) is 0 Å². The third kappa shape index (κ3) is 2.67. The second kappa shape index (κ2) is 6.50. The van der Waals surface area contributed by atoms with Gasteiger partial charge in [-0.2, -0.15) is 0 Å². The van der Waals surface area contributed by atoms with Crippen LogP contribution < -0.4 is 0 Å². The van der Waals surface area contributed by atoms with E-state index < -0.39 is 5.97 Å². The van der Waals surface area contributed by atoms with Gasteiger partial charge < -0.3 is 10.2 Å². The van der Waals surface area contributed by atoms with E-state index in [1.54, 1.807) is 0 Å². The maximum atomic E-state index is 11.3. The van der Waals surface area contributed by atoms with Crippen molar-refractivity contribution in [3.05, 3.63) is 0 Å². The number of carbonyl (C=O) groups is 1. The number of rotatable bonds is 3. The lowest BCUT2D eigenvalue weighted by Gasteiger charge is -2.62. The van der Waals surface area contributed by atoms with E-state index in [1.807, 2.05) is 0 Å². The molecule has 4 fully saturated rings. The fraction of sp³-hybridized carbons (Fsp3) is 0.957. The van der Waals surface area contributed by atoms with Gasteiger partial charge in [-0.05, 0) is 91.3 Å². The van der Waals surface area contributed by atoms with Gasteiger partial charge in [-0.1, -0.05) is 33.6 Å². The van der Waals surface area contributed by atoms with Crippen molar-refractivity contribution in [1.82, 2.24) is 0 Å². The average Bonchev–Trinajstić information content (AvgIpc) is 2.92. The van der Waals surface area contributed by atoms with Crippen molar-refractivity contribution in [1.29, 1.82) is 0 Å². The van der Waals surface area contributed by atoms with Crippen LogP contribution in [0, 0.1) is 46.3 Å². The molecule has 0 aromatic carbocycles. The number of hydrogen-bond donors (Lipinski definition) is 2. The molecule has 0 heterocycles. The lowest BCUT2D eigenvalue weighted by Crippen LogP contribution is -2.57. The predicted molar refractivity (Wildman–Crippen MR) is 103 cm³/mol. The van der Waals surface area contributed by atoms with Crippen molar-refractivity contribution >= 4 is 5.97 Å². The van der Waals surface area contributed by atoms with Crippen molar-refractivity contribution < 1.29 is 15.0 Å². The third-order valence-corrected chi connectivity index (χ3v) is 9.86. The number of carboxylic acid groups (broad SMARTS) is 1. The second-order valence-electron chi connectivity index (χ2n) is 10.8. The lowest BCUT2D eigenvalue weighted by atomic mass is 9.44. The summed E-state index contributed by atoms with van der Waals surface area (Å²) in [6.07, 6.45) is 11.4. The molecular formula is C23H38O3. The zero-order valence-corrected chi connectivity index (χ0v) is 16.9. The van der Waals surface area contributed by atoms with E-state index in [0.717, 1.165) is 18.8 Å². The Morgan fingerprint density at radius 1 is 1.04 bits per heavy atom. The van der Waals surface area contributed by atoms with Crippen LogP contribution >= 0.6 is 0 Å². The first-order chi connectivity index (χ1) is 12.3. The minimum absolute atomic E-state index is 0.130. The van der Waals surface area contributed by atoms with Gasteiger partial charge in [-0.3, -0.25) is 4.79 Å². The van der Waals surface area contributed by atoms with Crippen molar-refractivity contribution in [2.45, 2.75) is 91.1 Å². The van der Waals surface area contributed by atoms with Crippen LogP contribution in [0.15, 0.2) is 0 Å². The first-order valence-corrected chi connectivity index (χ1v) is 11.2. The number of aliphatic hydroxyl groups is 1. The summed E-state index contributed by atoms with van der Waals surface area (Å²) in [5.41, 5.74) is 0.670. The molecule has 0 aliphatic heterocycles. The molecule has 0 spiro atoms. The molecule has 9 atom stereocenters. The zero-order chi connectivity index (χ0) is 18.7. The highest BCUT2D eigenvalue weighted by molar-refractivity contribution is 5.67. The Kier molecular flexibility index (Phi) is 4.69. The molecule has 0 aromatic rings. The van der Waals surface area contributed by atoms with Crippen molar-refractivity contribution in [3.8, 4) is 0 Å². The van der Waals surface area contributed by atoms with Crippen LogP contribution in [0.4, 0.5) is 0 Å². The maximum absolute atomic E-state index is 11.3. The van der Waals surface area contributed by atoms with Crippen LogP contribution in [0.1, 0.15) is 85.0 Å². The van der Waals surface area contributed by atoms with E-state index in [2.05, 4.69) is 20.8 Å². The zero-order valence-electron chi connectivity index (χ0n) is 16.9. The highest BCUT2D eigenvalue weighted by atomic mass is 16.4. The van der Waals surface area contributed by atoms with Crippen molar-refractivity contribution in [2.24, 2.45) is 46.3 Å². The van der Waals surface area contributed by atoms with E-state index in [4.69, 9.17) is 0 Å². The van der Waals surface area contributed by atoms with Crippen LogP contribution in [0.3, 0.4) is 0 Å². The molecule has 148 valence electrons. The average molecular weight is 363 g/mol. The van der Waals surface area contributed by atoms with Crippen molar-refractivity contribution in [2.75, 3.05) is 0 Å². The van der Waals surface area contributed by atoms with Crippen LogP contribution in [0.5, 0.6) is 0 Å². The third-order valence-electron chi connectivity index (χ3n) is 9.86. The molecule has 2 N–H and O–H groups in total. The minimum Gasteiger partial charge on any atom is -0.481 e. The molecule has 4 aliphatic rings. The second-order valence-corrected chi connectivity index (χ2v) is 10.8. The molecule has 4 saturated carbocycles. The Labute approximate surface area is 158 Å². The Hall–Kier alpha value is -0.570. The Morgan fingerprint density at radius 2 is 1.77 bits per heavy atom. The van der Waals surface area contributed by atoms with Gasteiger partial charge in [0.25, 0.3) is 0 Å². The SMILES string of the molecule is CC(CC(=O)O)C1CCC2C3C(O)CC4CCCCC4(C)C3CCC12C. The molecule has 3 nitrogen and oxygen atoms in total. The normalized spacial score (nSPS) is 51.8. The molecule has 0 amide bonds. The number of fused-ring (bicyclic) bond motifs is 5. The summed E-state index contributed by atoms with van der Waals surface area (Å²) in [5, 5.41) is 20.5. The summed E-state index contributed by atoms with van der Waals surface area (Å²) < 4.78 is 0.